The Morgan fingerprint density at radius 2 is 1.89 bits per heavy atom. The van der Waals surface area contributed by atoms with Gasteiger partial charge in [0.15, 0.2) is 0 Å². The Balaban J connectivity index is 2.92. The van der Waals surface area contributed by atoms with Crippen LogP contribution in [0.1, 0.15) is 26.3 Å². The highest BCUT2D eigenvalue weighted by molar-refractivity contribution is 6.35. The summed E-state index contributed by atoms with van der Waals surface area (Å²) in [6.07, 6.45) is -2.55. The molecule has 1 aromatic rings. The zero-order valence-electron chi connectivity index (χ0n) is 11.1. The third-order valence-electron chi connectivity index (χ3n) is 2.25. The van der Waals surface area contributed by atoms with Crippen molar-refractivity contribution in [3.8, 4) is 5.75 Å². The van der Waals surface area contributed by atoms with Crippen LogP contribution in [-0.2, 0) is 6.54 Å². The number of hydrogen-bond acceptors (Lipinski definition) is 2. The van der Waals surface area contributed by atoms with Crippen molar-refractivity contribution in [2.24, 2.45) is 0 Å². The van der Waals surface area contributed by atoms with Gasteiger partial charge >= 0.3 is 0 Å². The van der Waals surface area contributed by atoms with E-state index in [0.29, 0.717) is 17.1 Å². The molecule has 0 atom stereocenters. The molecule has 1 N–H and O–H groups in total. The Morgan fingerprint density at radius 1 is 1.26 bits per heavy atom. The van der Waals surface area contributed by atoms with Crippen molar-refractivity contribution in [2.45, 2.75) is 39.3 Å². The topological polar surface area (TPSA) is 21.3 Å². The second-order valence-electron chi connectivity index (χ2n) is 5.18. The number of nitrogens with one attached hydrogen (secondary N) is 1. The van der Waals surface area contributed by atoms with Crippen LogP contribution in [-0.4, -0.2) is 18.6 Å². The van der Waals surface area contributed by atoms with E-state index in [1.165, 1.54) is 6.07 Å². The Morgan fingerprint density at radius 3 is 2.42 bits per heavy atom. The molecule has 108 valence electrons. The predicted octanol–water partition coefficient (Wildman–Crippen LogP) is 4.53. The van der Waals surface area contributed by atoms with Gasteiger partial charge in [-0.1, -0.05) is 23.2 Å². The fourth-order valence-electron chi connectivity index (χ4n) is 1.41. The summed E-state index contributed by atoms with van der Waals surface area (Å²) in [4.78, 5) is 0. The lowest BCUT2D eigenvalue weighted by atomic mass is 10.1. The lowest BCUT2D eigenvalue weighted by molar-refractivity contribution is 0.0813. The average Bonchev–Trinajstić information content (AvgIpc) is 2.23. The smallest absolute Gasteiger partial charge is 0.272 e. The van der Waals surface area contributed by atoms with Gasteiger partial charge in [-0.3, -0.25) is 0 Å². The molecule has 0 radical (unpaired) electrons. The second kappa shape index (κ2) is 6.73. The maximum atomic E-state index is 12.2. The van der Waals surface area contributed by atoms with Gasteiger partial charge in [0.1, 0.15) is 12.4 Å². The number of hydrogen-bond donors (Lipinski definition) is 1. The van der Waals surface area contributed by atoms with Gasteiger partial charge < -0.3 is 10.1 Å². The normalized spacial score (nSPS) is 12.0. The average molecular weight is 312 g/mol. The lowest BCUT2D eigenvalue weighted by Gasteiger charge is -2.22. The number of benzene rings is 1. The fourth-order valence-corrected chi connectivity index (χ4v) is 2.00. The van der Waals surface area contributed by atoms with E-state index in [1.54, 1.807) is 6.07 Å². The van der Waals surface area contributed by atoms with E-state index in [-0.39, 0.29) is 16.3 Å². The van der Waals surface area contributed by atoms with E-state index in [2.05, 4.69) is 5.32 Å². The number of ether oxygens (including phenoxy) is 1. The van der Waals surface area contributed by atoms with Crippen LogP contribution < -0.4 is 10.1 Å². The van der Waals surface area contributed by atoms with Crippen LogP contribution in [0.4, 0.5) is 8.78 Å². The van der Waals surface area contributed by atoms with E-state index in [0.717, 1.165) is 0 Å². The first-order valence-corrected chi connectivity index (χ1v) is 6.58. The third kappa shape index (κ3) is 5.93. The van der Waals surface area contributed by atoms with E-state index >= 15 is 0 Å². The number of rotatable bonds is 5. The van der Waals surface area contributed by atoms with Gasteiger partial charge in [0.2, 0.25) is 0 Å². The monoisotopic (exact) mass is 311 g/mol. The Bertz CT molecular complexity index is 433. The van der Waals surface area contributed by atoms with Gasteiger partial charge in [-0.05, 0) is 32.9 Å². The van der Waals surface area contributed by atoms with Crippen LogP contribution in [0, 0.1) is 0 Å². The highest BCUT2D eigenvalue weighted by Crippen LogP contribution is 2.33. The number of halogens is 4. The van der Waals surface area contributed by atoms with Crippen LogP contribution in [0.5, 0.6) is 5.75 Å². The quantitative estimate of drug-likeness (QED) is 0.863. The first-order chi connectivity index (χ1) is 8.69. The zero-order valence-corrected chi connectivity index (χ0v) is 12.6. The molecule has 0 unspecified atom stereocenters. The van der Waals surface area contributed by atoms with Crippen LogP contribution >= 0.6 is 23.2 Å². The summed E-state index contributed by atoms with van der Waals surface area (Å²) in [6.45, 7) is 5.74. The molecule has 0 aliphatic heterocycles. The third-order valence-corrected chi connectivity index (χ3v) is 2.75. The van der Waals surface area contributed by atoms with Crippen LogP contribution in [0.2, 0.25) is 10.0 Å². The summed E-state index contributed by atoms with van der Waals surface area (Å²) in [5.74, 6) is 0.253. The fraction of sp³-hybridized carbons (Fsp3) is 0.538. The Labute approximate surface area is 122 Å². The summed E-state index contributed by atoms with van der Waals surface area (Å²) < 4.78 is 29.5. The highest BCUT2D eigenvalue weighted by Gasteiger charge is 2.16. The number of alkyl halides is 2. The summed E-state index contributed by atoms with van der Waals surface area (Å²) >= 11 is 11.9. The molecule has 19 heavy (non-hydrogen) atoms. The zero-order chi connectivity index (χ0) is 14.6. The molecule has 0 saturated heterocycles. The van der Waals surface area contributed by atoms with Crippen LogP contribution in [0.3, 0.4) is 0 Å². The molecule has 0 spiro atoms. The molecule has 0 aliphatic rings. The largest absolute Gasteiger partial charge is 0.486 e. The van der Waals surface area contributed by atoms with Crippen molar-refractivity contribution in [3.63, 3.8) is 0 Å². The molecule has 0 amide bonds. The van der Waals surface area contributed by atoms with E-state index in [9.17, 15) is 8.78 Å². The molecule has 1 rings (SSSR count). The van der Waals surface area contributed by atoms with Gasteiger partial charge in [-0.15, -0.1) is 0 Å². The minimum Gasteiger partial charge on any atom is -0.486 e. The standard InChI is InChI=1S/C13H17Cl2F2NO/c1-13(2,3)18-6-8-4-9(14)5-10(15)12(8)19-7-11(16)17/h4-5,11,18H,6-7H2,1-3H3. The van der Waals surface area contributed by atoms with Gasteiger partial charge in [-0.25, -0.2) is 8.78 Å². The molecular weight excluding hydrogens is 295 g/mol. The molecule has 0 bridgehead atoms. The molecule has 2 nitrogen and oxygen atoms in total. The van der Waals surface area contributed by atoms with Gasteiger partial charge in [0.05, 0.1) is 5.02 Å². The van der Waals surface area contributed by atoms with Crippen molar-refractivity contribution >= 4 is 23.2 Å². The summed E-state index contributed by atoms with van der Waals surface area (Å²) in [6, 6.07) is 3.14. The van der Waals surface area contributed by atoms with Crippen molar-refractivity contribution in [2.75, 3.05) is 6.61 Å². The van der Waals surface area contributed by atoms with Crippen molar-refractivity contribution in [1.29, 1.82) is 0 Å². The molecular formula is C13H17Cl2F2NO. The van der Waals surface area contributed by atoms with Crippen LogP contribution in [0.15, 0.2) is 12.1 Å². The predicted molar refractivity (Wildman–Crippen MR) is 74.6 cm³/mol. The maximum Gasteiger partial charge on any atom is 0.272 e. The van der Waals surface area contributed by atoms with E-state index in [4.69, 9.17) is 27.9 Å². The highest BCUT2D eigenvalue weighted by atomic mass is 35.5. The van der Waals surface area contributed by atoms with E-state index < -0.39 is 13.0 Å². The maximum absolute atomic E-state index is 12.2. The molecule has 0 aromatic heterocycles. The summed E-state index contributed by atoms with van der Waals surface area (Å²) in [7, 11) is 0. The van der Waals surface area contributed by atoms with Gasteiger partial charge in [-0.2, -0.15) is 0 Å². The Hall–Kier alpha value is -0.580. The molecule has 0 heterocycles. The minimum atomic E-state index is -2.55. The summed E-state index contributed by atoms with van der Waals surface area (Å²) in [5.41, 5.74) is 0.544. The van der Waals surface area contributed by atoms with Crippen molar-refractivity contribution in [3.05, 3.63) is 27.7 Å². The van der Waals surface area contributed by atoms with Crippen LogP contribution in [0.25, 0.3) is 0 Å². The molecule has 6 heteroatoms. The molecule has 0 saturated carbocycles. The first kappa shape index (κ1) is 16.5. The summed E-state index contributed by atoms with van der Waals surface area (Å²) in [5, 5.41) is 3.92. The first-order valence-electron chi connectivity index (χ1n) is 5.83. The molecule has 1 aromatic carbocycles. The molecule has 0 fully saturated rings. The Kier molecular flexibility index (Phi) is 5.83. The second-order valence-corrected chi connectivity index (χ2v) is 6.03. The van der Waals surface area contributed by atoms with Gasteiger partial charge in [0, 0.05) is 22.7 Å². The van der Waals surface area contributed by atoms with Crippen molar-refractivity contribution in [1.82, 2.24) is 5.32 Å². The van der Waals surface area contributed by atoms with Crippen molar-refractivity contribution < 1.29 is 13.5 Å². The SMILES string of the molecule is CC(C)(C)NCc1cc(Cl)cc(Cl)c1OCC(F)F. The van der Waals surface area contributed by atoms with E-state index in [1.807, 2.05) is 20.8 Å². The lowest BCUT2D eigenvalue weighted by Crippen LogP contribution is -2.35. The van der Waals surface area contributed by atoms with Gasteiger partial charge in [0.25, 0.3) is 6.43 Å². The minimum absolute atomic E-state index is 0.116. The molecule has 0 aliphatic carbocycles.